The number of hydrogen-bond acceptors (Lipinski definition) is 7. The Bertz CT molecular complexity index is 549. The monoisotopic (exact) mass is 277 g/mol. The molecule has 2 aliphatic rings. The first kappa shape index (κ1) is 12.7. The molecule has 0 spiro atoms. The number of hydrogen-bond donors (Lipinski definition) is 7. The standard InChI is InChI=1S/C11H15N7O2/c12-5-2-1-3-6(4-5)13-10-14-8-7(17-18-10)9(19)16-11(20)15-8/h1-4,7-8,10,13-14,17-18H,12H2,(H2,15,16,19,20). The zero-order chi connectivity index (χ0) is 14.1. The minimum atomic E-state index is -0.577. The minimum Gasteiger partial charge on any atom is -0.399 e. The van der Waals surface area contributed by atoms with E-state index in [-0.39, 0.29) is 12.2 Å². The number of urea groups is 1. The topological polar surface area (TPSA) is 132 Å². The lowest BCUT2D eigenvalue weighted by molar-refractivity contribution is -0.125. The highest BCUT2D eigenvalue weighted by atomic mass is 16.2. The maximum atomic E-state index is 11.6. The fourth-order valence-electron chi connectivity index (χ4n) is 2.16. The lowest BCUT2D eigenvalue weighted by Crippen LogP contribution is -2.79. The Morgan fingerprint density at radius 1 is 1.20 bits per heavy atom. The second-order valence-corrected chi connectivity index (χ2v) is 4.58. The molecule has 0 aliphatic carbocycles. The second-order valence-electron chi connectivity index (χ2n) is 4.58. The van der Waals surface area contributed by atoms with Crippen LogP contribution in [0, 0.1) is 0 Å². The molecular formula is C11H15N7O2. The summed E-state index contributed by atoms with van der Waals surface area (Å²) in [5.41, 5.74) is 12.9. The van der Waals surface area contributed by atoms with Crippen LogP contribution in [0.5, 0.6) is 0 Å². The summed E-state index contributed by atoms with van der Waals surface area (Å²) >= 11 is 0. The van der Waals surface area contributed by atoms with Crippen LogP contribution in [0.4, 0.5) is 16.2 Å². The molecule has 0 aromatic heterocycles. The Morgan fingerprint density at radius 3 is 2.85 bits per heavy atom. The molecule has 0 radical (unpaired) electrons. The van der Waals surface area contributed by atoms with Gasteiger partial charge in [-0.05, 0) is 18.2 Å². The number of nitrogens with one attached hydrogen (secondary N) is 6. The number of benzene rings is 1. The zero-order valence-corrected chi connectivity index (χ0v) is 10.4. The summed E-state index contributed by atoms with van der Waals surface area (Å²) in [5, 5.41) is 11.0. The van der Waals surface area contributed by atoms with Gasteiger partial charge >= 0.3 is 6.03 Å². The van der Waals surface area contributed by atoms with E-state index < -0.39 is 18.2 Å². The van der Waals surface area contributed by atoms with Crippen molar-refractivity contribution in [1.29, 1.82) is 0 Å². The smallest absolute Gasteiger partial charge is 0.322 e. The van der Waals surface area contributed by atoms with Crippen LogP contribution in [-0.2, 0) is 4.79 Å². The highest BCUT2D eigenvalue weighted by molar-refractivity contribution is 6.00. The van der Waals surface area contributed by atoms with Crippen LogP contribution in [0.1, 0.15) is 0 Å². The van der Waals surface area contributed by atoms with Crippen molar-refractivity contribution < 1.29 is 9.59 Å². The molecule has 3 amide bonds. The molecule has 2 fully saturated rings. The van der Waals surface area contributed by atoms with Crippen LogP contribution in [0.3, 0.4) is 0 Å². The molecule has 9 nitrogen and oxygen atoms in total. The Balaban J connectivity index is 1.66. The molecule has 2 aliphatic heterocycles. The van der Waals surface area contributed by atoms with Gasteiger partial charge in [0.2, 0.25) is 5.91 Å². The van der Waals surface area contributed by atoms with Gasteiger partial charge in [-0.3, -0.25) is 15.4 Å². The zero-order valence-electron chi connectivity index (χ0n) is 10.4. The average molecular weight is 277 g/mol. The predicted molar refractivity (Wildman–Crippen MR) is 71.9 cm³/mol. The molecule has 0 saturated carbocycles. The minimum absolute atomic E-state index is 0.371. The van der Waals surface area contributed by atoms with Crippen molar-refractivity contribution >= 4 is 23.3 Å². The number of carbonyl (C=O) groups is 2. The van der Waals surface area contributed by atoms with Gasteiger partial charge in [0.05, 0.1) is 0 Å². The Morgan fingerprint density at radius 2 is 2.05 bits per heavy atom. The van der Waals surface area contributed by atoms with E-state index in [0.29, 0.717) is 5.69 Å². The van der Waals surface area contributed by atoms with Crippen LogP contribution >= 0.6 is 0 Å². The van der Waals surface area contributed by atoms with Crippen molar-refractivity contribution in [3.63, 3.8) is 0 Å². The molecule has 20 heavy (non-hydrogen) atoms. The second kappa shape index (κ2) is 4.96. The first-order valence-electron chi connectivity index (χ1n) is 6.12. The molecule has 0 bridgehead atoms. The van der Waals surface area contributed by atoms with Gasteiger partial charge in [-0.1, -0.05) is 6.07 Å². The number of fused-ring (bicyclic) bond motifs is 1. The van der Waals surface area contributed by atoms with E-state index in [1.807, 2.05) is 12.1 Å². The Kier molecular flexibility index (Phi) is 3.14. The average Bonchev–Trinajstić information content (AvgIpc) is 2.38. The lowest BCUT2D eigenvalue weighted by atomic mass is 10.1. The van der Waals surface area contributed by atoms with Gasteiger partial charge in [-0.25, -0.2) is 15.6 Å². The molecule has 3 rings (SSSR count). The van der Waals surface area contributed by atoms with Gasteiger partial charge in [0, 0.05) is 11.4 Å². The van der Waals surface area contributed by atoms with Crippen molar-refractivity contribution in [2.24, 2.45) is 0 Å². The van der Waals surface area contributed by atoms with Gasteiger partial charge in [-0.15, -0.1) is 0 Å². The van der Waals surface area contributed by atoms with Gasteiger partial charge in [0.25, 0.3) is 0 Å². The SMILES string of the molecule is Nc1cccc(NC2NNC3C(=O)NC(=O)NC3N2)c1. The number of amides is 3. The van der Waals surface area contributed by atoms with Crippen LogP contribution in [0.15, 0.2) is 24.3 Å². The fraction of sp³-hybridized carbons (Fsp3) is 0.273. The Hall–Kier alpha value is -2.36. The molecule has 106 valence electrons. The molecule has 2 saturated heterocycles. The van der Waals surface area contributed by atoms with Crippen molar-refractivity contribution in [1.82, 2.24) is 26.8 Å². The fourth-order valence-corrected chi connectivity index (χ4v) is 2.16. The highest BCUT2D eigenvalue weighted by Crippen LogP contribution is 2.13. The number of anilines is 2. The molecule has 9 heteroatoms. The van der Waals surface area contributed by atoms with Crippen LogP contribution in [0.2, 0.25) is 0 Å². The summed E-state index contributed by atoms with van der Waals surface area (Å²) in [5.74, 6) is -0.388. The summed E-state index contributed by atoms with van der Waals surface area (Å²) in [6.07, 6.45) is -0.875. The summed E-state index contributed by atoms with van der Waals surface area (Å²) in [6, 6.07) is 6.15. The first-order chi connectivity index (χ1) is 9.61. The van der Waals surface area contributed by atoms with Crippen molar-refractivity contribution in [3.05, 3.63) is 24.3 Å². The Labute approximate surface area is 114 Å². The maximum Gasteiger partial charge on any atom is 0.322 e. The van der Waals surface area contributed by atoms with E-state index in [2.05, 4.69) is 32.1 Å². The molecule has 3 atom stereocenters. The van der Waals surface area contributed by atoms with E-state index in [4.69, 9.17) is 5.73 Å². The van der Waals surface area contributed by atoms with Gasteiger partial charge in [0.1, 0.15) is 18.5 Å². The predicted octanol–water partition coefficient (Wildman–Crippen LogP) is -1.80. The third kappa shape index (κ3) is 2.50. The van der Waals surface area contributed by atoms with Crippen molar-refractivity contribution in [3.8, 4) is 0 Å². The molecule has 1 aromatic rings. The quantitative estimate of drug-likeness (QED) is 0.317. The summed E-state index contributed by atoms with van der Waals surface area (Å²) in [4.78, 5) is 22.9. The normalized spacial score (nSPS) is 29.1. The van der Waals surface area contributed by atoms with E-state index in [1.165, 1.54) is 0 Å². The van der Waals surface area contributed by atoms with Crippen molar-refractivity contribution in [2.75, 3.05) is 11.1 Å². The maximum absolute atomic E-state index is 11.6. The first-order valence-corrected chi connectivity index (χ1v) is 6.12. The third-order valence-electron chi connectivity index (χ3n) is 3.07. The van der Waals surface area contributed by atoms with Crippen LogP contribution < -0.4 is 37.9 Å². The molecular weight excluding hydrogens is 262 g/mol. The number of imide groups is 1. The number of rotatable bonds is 2. The van der Waals surface area contributed by atoms with Gasteiger partial charge < -0.3 is 16.4 Å². The third-order valence-corrected chi connectivity index (χ3v) is 3.07. The molecule has 8 N–H and O–H groups in total. The summed E-state index contributed by atoms with van der Waals surface area (Å²) in [6.45, 7) is 0. The van der Waals surface area contributed by atoms with Gasteiger partial charge in [0.15, 0.2) is 0 Å². The summed E-state index contributed by atoms with van der Waals surface area (Å²) < 4.78 is 0. The van der Waals surface area contributed by atoms with Crippen molar-refractivity contribution in [2.45, 2.75) is 18.5 Å². The number of nitrogens with two attached hydrogens (primary N) is 1. The number of hydrazine groups is 1. The molecule has 3 unspecified atom stereocenters. The molecule has 2 heterocycles. The largest absolute Gasteiger partial charge is 0.399 e. The highest BCUT2D eigenvalue weighted by Gasteiger charge is 2.39. The van der Waals surface area contributed by atoms with Gasteiger partial charge in [-0.2, -0.15) is 0 Å². The van der Waals surface area contributed by atoms with E-state index in [0.717, 1.165) is 5.69 Å². The van der Waals surface area contributed by atoms with E-state index in [9.17, 15) is 9.59 Å². The lowest BCUT2D eigenvalue weighted by Gasteiger charge is -2.41. The molecule has 1 aromatic carbocycles. The van der Waals surface area contributed by atoms with E-state index >= 15 is 0 Å². The van der Waals surface area contributed by atoms with Crippen LogP contribution in [-0.4, -0.2) is 30.4 Å². The van der Waals surface area contributed by atoms with Crippen LogP contribution in [0.25, 0.3) is 0 Å². The number of carbonyl (C=O) groups excluding carboxylic acids is 2. The van der Waals surface area contributed by atoms with E-state index in [1.54, 1.807) is 12.1 Å². The number of nitrogen functional groups attached to an aromatic ring is 1. The summed E-state index contributed by atoms with van der Waals surface area (Å²) in [7, 11) is 0.